The summed E-state index contributed by atoms with van der Waals surface area (Å²) in [4.78, 5) is 21.8. The molecule has 0 fully saturated rings. The highest BCUT2D eigenvalue weighted by atomic mass is 32.2. The van der Waals surface area contributed by atoms with Crippen LogP contribution in [0.4, 0.5) is 4.39 Å². The normalized spacial score (nSPS) is 13.1. The van der Waals surface area contributed by atoms with E-state index in [-0.39, 0.29) is 29.9 Å². The minimum atomic E-state index is -0.784. The fourth-order valence-corrected chi connectivity index (χ4v) is 4.16. The maximum absolute atomic E-state index is 13.0. The molecule has 2 N–H and O–H groups in total. The predicted molar refractivity (Wildman–Crippen MR) is 105 cm³/mol. The number of thioether (sulfide) groups is 1. The monoisotopic (exact) mass is 395 g/mol. The zero-order valence-corrected chi connectivity index (χ0v) is 16.7. The van der Waals surface area contributed by atoms with E-state index in [0.717, 1.165) is 5.56 Å². The van der Waals surface area contributed by atoms with Crippen LogP contribution in [0.25, 0.3) is 0 Å². The second-order valence-electron chi connectivity index (χ2n) is 5.96. The second-order valence-corrected chi connectivity index (χ2v) is 7.79. The molecule has 140 valence electrons. The van der Waals surface area contributed by atoms with Crippen molar-refractivity contribution in [1.29, 1.82) is 0 Å². The number of carbonyl (C=O) groups excluding carboxylic acids is 1. The van der Waals surface area contributed by atoms with Gasteiger partial charge in [0.25, 0.3) is 5.91 Å². The number of aliphatic imine (C=N–C) groups is 1. The Morgan fingerprint density at radius 2 is 2.04 bits per heavy atom. The zero-order chi connectivity index (χ0) is 19.3. The third-order valence-corrected chi connectivity index (χ3v) is 5.74. The van der Waals surface area contributed by atoms with Gasteiger partial charge in [0.1, 0.15) is 21.6 Å². The van der Waals surface area contributed by atoms with Crippen molar-refractivity contribution in [3.05, 3.63) is 51.2 Å². The number of aromatic nitrogens is 1. The van der Waals surface area contributed by atoms with Crippen molar-refractivity contribution in [3.63, 3.8) is 0 Å². The van der Waals surface area contributed by atoms with Crippen LogP contribution in [-0.4, -0.2) is 34.3 Å². The van der Waals surface area contributed by atoms with E-state index in [4.69, 9.17) is 0 Å². The first-order valence-corrected chi connectivity index (χ1v) is 10.1. The average molecular weight is 396 g/mol. The number of amides is 1. The molecule has 0 spiro atoms. The summed E-state index contributed by atoms with van der Waals surface area (Å²) in [7, 11) is 1.67. The molecule has 1 amide bonds. The van der Waals surface area contributed by atoms with Gasteiger partial charge in [0.05, 0.1) is 11.0 Å². The van der Waals surface area contributed by atoms with Gasteiger partial charge >= 0.3 is 0 Å². The van der Waals surface area contributed by atoms with E-state index in [1.54, 1.807) is 19.2 Å². The highest BCUT2D eigenvalue weighted by Gasteiger charge is 2.26. The van der Waals surface area contributed by atoms with Crippen LogP contribution in [0.3, 0.4) is 0 Å². The molecule has 1 atom stereocenters. The van der Waals surface area contributed by atoms with Crippen LogP contribution in [0.15, 0.2) is 29.3 Å². The third kappa shape index (κ3) is 4.90. The van der Waals surface area contributed by atoms with E-state index in [1.165, 1.54) is 35.2 Å². The van der Waals surface area contributed by atoms with E-state index in [1.807, 2.05) is 20.1 Å². The first-order chi connectivity index (χ1) is 12.4. The molecule has 1 heterocycles. The number of benzene rings is 1. The Balaban J connectivity index is 2.27. The first kappa shape index (κ1) is 20.5. The SMILES string of the molecule is CN=C(SC)c1nc(C(=O)NCc2ccc(F)cc2)c(C(O)C(C)C)s1. The number of hydrogen-bond donors (Lipinski definition) is 2. The van der Waals surface area contributed by atoms with Crippen molar-refractivity contribution in [3.8, 4) is 0 Å². The van der Waals surface area contributed by atoms with E-state index >= 15 is 0 Å². The standard InChI is InChI=1S/C18H22FN3O2S2/c1-10(2)14(23)15-13(22-18(26-15)17(20-3)25-4)16(24)21-9-11-5-7-12(19)8-6-11/h5-8,10,14,23H,9H2,1-4H3,(H,21,24). The summed E-state index contributed by atoms with van der Waals surface area (Å²) >= 11 is 2.72. The van der Waals surface area contributed by atoms with Crippen LogP contribution in [-0.2, 0) is 6.54 Å². The van der Waals surface area contributed by atoms with Crippen molar-refractivity contribution >= 4 is 34.0 Å². The maximum atomic E-state index is 13.0. The summed E-state index contributed by atoms with van der Waals surface area (Å²) in [6.07, 6.45) is 1.10. The summed E-state index contributed by atoms with van der Waals surface area (Å²) in [5.74, 6) is -0.749. The number of aliphatic hydroxyl groups is 1. The largest absolute Gasteiger partial charge is 0.387 e. The summed E-state index contributed by atoms with van der Waals surface area (Å²) in [5, 5.41) is 14.6. The van der Waals surface area contributed by atoms with Crippen LogP contribution >= 0.6 is 23.1 Å². The molecular weight excluding hydrogens is 373 g/mol. The number of rotatable bonds is 6. The van der Waals surface area contributed by atoms with Gasteiger partial charge in [-0.05, 0) is 29.9 Å². The molecule has 2 rings (SSSR count). The molecule has 1 aromatic heterocycles. The molecule has 0 saturated carbocycles. The van der Waals surface area contributed by atoms with Gasteiger partial charge in [0.2, 0.25) is 0 Å². The molecule has 0 radical (unpaired) electrons. The Morgan fingerprint density at radius 1 is 1.38 bits per heavy atom. The molecule has 0 aliphatic heterocycles. The van der Waals surface area contributed by atoms with E-state index < -0.39 is 6.10 Å². The summed E-state index contributed by atoms with van der Waals surface area (Å²) in [5.41, 5.74) is 0.990. The summed E-state index contributed by atoms with van der Waals surface area (Å²) < 4.78 is 13.0. The lowest BCUT2D eigenvalue weighted by Crippen LogP contribution is -2.25. The third-order valence-electron chi connectivity index (χ3n) is 3.71. The van der Waals surface area contributed by atoms with Gasteiger partial charge in [0, 0.05) is 13.6 Å². The number of nitrogens with zero attached hydrogens (tertiary/aromatic N) is 2. The molecule has 0 aliphatic rings. The molecule has 26 heavy (non-hydrogen) atoms. The molecule has 1 aromatic carbocycles. The van der Waals surface area contributed by atoms with Crippen molar-refractivity contribution in [2.75, 3.05) is 13.3 Å². The van der Waals surface area contributed by atoms with Gasteiger partial charge < -0.3 is 10.4 Å². The number of carbonyl (C=O) groups is 1. The minimum absolute atomic E-state index is 0.0526. The molecule has 0 bridgehead atoms. The van der Waals surface area contributed by atoms with Crippen LogP contribution in [0.5, 0.6) is 0 Å². The lowest BCUT2D eigenvalue weighted by Gasteiger charge is -2.13. The van der Waals surface area contributed by atoms with Crippen LogP contribution in [0, 0.1) is 11.7 Å². The zero-order valence-electron chi connectivity index (χ0n) is 15.1. The summed E-state index contributed by atoms with van der Waals surface area (Å²) in [6, 6.07) is 5.92. The van der Waals surface area contributed by atoms with Gasteiger partial charge in [-0.3, -0.25) is 9.79 Å². The Morgan fingerprint density at radius 3 is 2.58 bits per heavy atom. The van der Waals surface area contributed by atoms with Crippen molar-refractivity contribution in [1.82, 2.24) is 10.3 Å². The minimum Gasteiger partial charge on any atom is -0.387 e. The van der Waals surface area contributed by atoms with Gasteiger partial charge in [0.15, 0.2) is 0 Å². The molecular formula is C18H22FN3O2S2. The number of hydrogen-bond acceptors (Lipinski definition) is 6. The molecule has 0 saturated heterocycles. The number of halogens is 1. The van der Waals surface area contributed by atoms with E-state index in [2.05, 4.69) is 15.3 Å². The Labute approximate surface area is 160 Å². The van der Waals surface area contributed by atoms with Gasteiger partial charge in [-0.1, -0.05) is 26.0 Å². The second kappa shape index (κ2) is 9.25. The smallest absolute Gasteiger partial charge is 0.271 e. The highest BCUT2D eigenvalue weighted by Crippen LogP contribution is 2.32. The topological polar surface area (TPSA) is 74.6 Å². The van der Waals surface area contributed by atoms with Crippen LogP contribution in [0.1, 0.15) is 45.9 Å². The molecule has 2 aromatic rings. The van der Waals surface area contributed by atoms with Gasteiger partial charge in [-0.2, -0.15) is 0 Å². The Hall–Kier alpha value is -1.77. The molecule has 1 unspecified atom stereocenters. The van der Waals surface area contributed by atoms with Crippen molar-refractivity contribution in [2.24, 2.45) is 10.9 Å². The van der Waals surface area contributed by atoms with Crippen molar-refractivity contribution < 1.29 is 14.3 Å². The Bertz CT molecular complexity index is 788. The number of thiazole rings is 1. The lowest BCUT2D eigenvalue weighted by atomic mass is 10.0. The average Bonchev–Trinajstić information content (AvgIpc) is 3.06. The number of nitrogens with one attached hydrogen (secondary N) is 1. The Kier molecular flexibility index (Phi) is 7.31. The van der Waals surface area contributed by atoms with Gasteiger partial charge in [-0.15, -0.1) is 23.1 Å². The highest BCUT2D eigenvalue weighted by molar-refractivity contribution is 8.14. The quantitative estimate of drug-likeness (QED) is 0.578. The number of aliphatic hydroxyl groups excluding tert-OH is 1. The van der Waals surface area contributed by atoms with Crippen molar-refractivity contribution in [2.45, 2.75) is 26.5 Å². The maximum Gasteiger partial charge on any atom is 0.271 e. The molecule has 8 heteroatoms. The molecule has 0 aliphatic carbocycles. The van der Waals surface area contributed by atoms with Crippen LogP contribution < -0.4 is 5.32 Å². The fourth-order valence-electron chi connectivity index (χ4n) is 2.23. The van der Waals surface area contributed by atoms with Gasteiger partial charge in [-0.25, -0.2) is 9.37 Å². The predicted octanol–water partition coefficient (Wildman–Crippen LogP) is 3.64. The lowest BCUT2D eigenvalue weighted by molar-refractivity contribution is 0.0929. The van der Waals surface area contributed by atoms with E-state index in [0.29, 0.717) is 14.9 Å². The fraction of sp³-hybridized carbons (Fsp3) is 0.389. The first-order valence-electron chi connectivity index (χ1n) is 8.10. The van der Waals surface area contributed by atoms with E-state index in [9.17, 15) is 14.3 Å². The molecule has 5 nitrogen and oxygen atoms in total. The van der Waals surface area contributed by atoms with Crippen LogP contribution in [0.2, 0.25) is 0 Å². The summed E-state index contributed by atoms with van der Waals surface area (Å²) in [6.45, 7) is 4.02.